The first kappa shape index (κ1) is 10.1. The van der Waals surface area contributed by atoms with Gasteiger partial charge in [-0.05, 0) is 31.5 Å². The lowest BCUT2D eigenvalue weighted by Gasteiger charge is -2.16. The first-order chi connectivity index (χ1) is 7.04. The van der Waals surface area contributed by atoms with Gasteiger partial charge in [-0.25, -0.2) is 0 Å². The normalized spacial score (nSPS) is 11.9. The molecule has 0 radical (unpaired) electrons. The van der Waals surface area contributed by atoms with Crippen LogP contribution in [-0.2, 0) is 6.42 Å². The van der Waals surface area contributed by atoms with Gasteiger partial charge in [0.1, 0.15) is 0 Å². The van der Waals surface area contributed by atoms with Crippen molar-refractivity contribution in [1.29, 1.82) is 0 Å². The molecule has 2 aromatic rings. The zero-order valence-electron chi connectivity index (χ0n) is 9.07. The molecule has 0 aliphatic heterocycles. The Morgan fingerprint density at radius 1 is 1.27 bits per heavy atom. The first-order valence-corrected chi connectivity index (χ1v) is 5.11. The monoisotopic (exact) mass is 201 g/mol. The zero-order valence-corrected chi connectivity index (χ0v) is 9.07. The quantitative estimate of drug-likeness (QED) is 0.810. The molecular formula is C13H15NO. The largest absolute Gasteiger partial charge is 0.390 e. The maximum atomic E-state index is 9.72. The fourth-order valence-corrected chi connectivity index (χ4v) is 1.72. The van der Waals surface area contributed by atoms with Crippen LogP contribution < -0.4 is 0 Å². The van der Waals surface area contributed by atoms with Gasteiger partial charge in [0.25, 0.3) is 0 Å². The highest BCUT2D eigenvalue weighted by Gasteiger charge is 2.13. The van der Waals surface area contributed by atoms with Crippen LogP contribution in [0.4, 0.5) is 0 Å². The second-order valence-electron chi connectivity index (χ2n) is 4.52. The van der Waals surface area contributed by atoms with Gasteiger partial charge in [0.2, 0.25) is 0 Å². The standard InChI is InChI=1S/C13H15NO/c1-13(2,15)9-10-5-6-11-4-3-7-14-12(11)8-10/h3-8,15H,9H2,1-2H3. The number of hydrogen-bond donors (Lipinski definition) is 1. The highest BCUT2D eigenvalue weighted by atomic mass is 16.3. The Bertz CT molecular complexity index is 471. The van der Waals surface area contributed by atoms with Crippen molar-refractivity contribution in [3.8, 4) is 0 Å². The van der Waals surface area contributed by atoms with Crippen molar-refractivity contribution >= 4 is 10.9 Å². The molecule has 0 unspecified atom stereocenters. The lowest BCUT2D eigenvalue weighted by molar-refractivity contribution is 0.0810. The zero-order chi connectivity index (χ0) is 10.9. The number of aromatic nitrogens is 1. The van der Waals surface area contributed by atoms with Crippen molar-refractivity contribution < 1.29 is 5.11 Å². The van der Waals surface area contributed by atoms with Gasteiger partial charge < -0.3 is 5.11 Å². The lowest BCUT2D eigenvalue weighted by Crippen LogP contribution is -2.21. The van der Waals surface area contributed by atoms with Crippen LogP contribution >= 0.6 is 0 Å². The maximum Gasteiger partial charge on any atom is 0.0704 e. The topological polar surface area (TPSA) is 33.1 Å². The molecule has 0 atom stereocenters. The Morgan fingerprint density at radius 3 is 2.80 bits per heavy atom. The van der Waals surface area contributed by atoms with Crippen LogP contribution in [-0.4, -0.2) is 15.7 Å². The molecule has 1 heterocycles. The third-order valence-corrected chi connectivity index (χ3v) is 2.31. The number of rotatable bonds is 2. The predicted octanol–water partition coefficient (Wildman–Crippen LogP) is 2.55. The molecule has 2 nitrogen and oxygen atoms in total. The number of aliphatic hydroxyl groups is 1. The van der Waals surface area contributed by atoms with E-state index in [1.54, 1.807) is 6.20 Å². The third kappa shape index (κ3) is 2.54. The van der Waals surface area contributed by atoms with Crippen LogP contribution in [0.3, 0.4) is 0 Å². The molecule has 0 bridgehead atoms. The lowest BCUT2D eigenvalue weighted by atomic mass is 9.98. The van der Waals surface area contributed by atoms with Crippen LogP contribution in [0.15, 0.2) is 36.5 Å². The summed E-state index contributed by atoms with van der Waals surface area (Å²) in [5.41, 5.74) is 1.44. The summed E-state index contributed by atoms with van der Waals surface area (Å²) in [6, 6.07) is 10.1. The van der Waals surface area contributed by atoms with Crippen molar-refractivity contribution in [2.24, 2.45) is 0 Å². The summed E-state index contributed by atoms with van der Waals surface area (Å²) in [5, 5.41) is 10.9. The molecule has 1 aromatic carbocycles. The summed E-state index contributed by atoms with van der Waals surface area (Å²) < 4.78 is 0. The van der Waals surface area contributed by atoms with Crippen LogP contribution in [0.25, 0.3) is 10.9 Å². The molecule has 0 amide bonds. The van der Waals surface area contributed by atoms with Gasteiger partial charge in [0.05, 0.1) is 11.1 Å². The van der Waals surface area contributed by atoms with Crippen LogP contribution in [0, 0.1) is 0 Å². The highest BCUT2D eigenvalue weighted by Crippen LogP contribution is 2.17. The van der Waals surface area contributed by atoms with E-state index in [1.165, 1.54) is 0 Å². The van der Waals surface area contributed by atoms with Gasteiger partial charge in [0.15, 0.2) is 0 Å². The molecule has 1 aromatic heterocycles. The van der Waals surface area contributed by atoms with Crippen molar-refractivity contribution in [1.82, 2.24) is 4.98 Å². The van der Waals surface area contributed by atoms with E-state index in [0.29, 0.717) is 6.42 Å². The van der Waals surface area contributed by atoms with Crippen molar-refractivity contribution in [3.05, 3.63) is 42.1 Å². The minimum atomic E-state index is -0.664. The van der Waals surface area contributed by atoms with Gasteiger partial charge >= 0.3 is 0 Å². The highest BCUT2D eigenvalue weighted by molar-refractivity contribution is 5.78. The molecule has 0 saturated carbocycles. The molecule has 78 valence electrons. The van der Waals surface area contributed by atoms with Crippen LogP contribution in [0.2, 0.25) is 0 Å². The minimum absolute atomic E-state index is 0.652. The van der Waals surface area contributed by atoms with Gasteiger partial charge in [-0.2, -0.15) is 0 Å². The van der Waals surface area contributed by atoms with Gasteiger partial charge in [0, 0.05) is 18.0 Å². The van der Waals surface area contributed by atoms with Crippen molar-refractivity contribution in [2.45, 2.75) is 25.9 Å². The Balaban J connectivity index is 2.39. The molecule has 0 fully saturated rings. The Kier molecular flexibility index (Phi) is 2.45. The molecular weight excluding hydrogens is 186 g/mol. The van der Waals surface area contributed by atoms with Crippen molar-refractivity contribution in [3.63, 3.8) is 0 Å². The molecule has 2 rings (SSSR count). The summed E-state index contributed by atoms with van der Waals surface area (Å²) in [5.74, 6) is 0. The Morgan fingerprint density at radius 2 is 2.07 bits per heavy atom. The second kappa shape index (κ2) is 3.63. The molecule has 0 spiro atoms. The smallest absolute Gasteiger partial charge is 0.0704 e. The molecule has 0 aliphatic rings. The number of hydrogen-bond acceptors (Lipinski definition) is 2. The van der Waals surface area contributed by atoms with E-state index in [-0.39, 0.29) is 0 Å². The summed E-state index contributed by atoms with van der Waals surface area (Å²) in [7, 11) is 0. The molecule has 2 heteroatoms. The van der Waals surface area contributed by atoms with Gasteiger partial charge in [-0.1, -0.05) is 18.2 Å². The maximum absolute atomic E-state index is 9.72. The molecule has 0 aliphatic carbocycles. The first-order valence-electron chi connectivity index (χ1n) is 5.11. The Hall–Kier alpha value is -1.41. The minimum Gasteiger partial charge on any atom is -0.390 e. The number of benzene rings is 1. The van der Waals surface area contributed by atoms with E-state index in [2.05, 4.69) is 4.98 Å². The van der Waals surface area contributed by atoms with E-state index in [0.717, 1.165) is 16.5 Å². The second-order valence-corrected chi connectivity index (χ2v) is 4.52. The number of pyridine rings is 1. The Labute approximate surface area is 89.6 Å². The summed E-state index contributed by atoms with van der Waals surface area (Å²) >= 11 is 0. The fraction of sp³-hybridized carbons (Fsp3) is 0.308. The van der Waals surface area contributed by atoms with E-state index < -0.39 is 5.60 Å². The average Bonchev–Trinajstić information content (AvgIpc) is 2.15. The summed E-state index contributed by atoms with van der Waals surface area (Å²) in [4.78, 5) is 4.29. The molecule has 0 saturated heterocycles. The van der Waals surface area contributed by atoms with Gasteiger partial charge in [-0.15, -0.1) is 0 Å². The fourth-order valence-electron chi connectivity index (χ4n) is 1.72. The van der Waals surface area contributed by atoms with Gasteiger partial charge in [-0.3, -0.25) is 4.98 Å². The average molecular weight is 201 g/mol. The number of nitrogens with zero attached hydrogens (tertiary/aromatic N) is 1. The SMILES string of the molecule is CC(C)(O)Cc1ccc2cccnc2c1. The summed E-state index contributed by atoms with van der Waals surface area (Å²) in [6.07, 6.45) is 2.44. The third-order valence-electron chi connectivity index (χ3n) is 2.31. The van der Waals surface area contributed by atoms with E-state index >= 15 is 0 Å². The predicted molar refractivity (Wildman–Crippen MR) is 61.7 cm³/mol. The molecule has 15 heavy (non-hydrogen) atoms. The summed E-state index contributed by atoms with van der Waals surface area (Å²) in [6.45, 7) is 3.63. The molecule has 1 N–H and O–H groups in total. The number of fused-ring (bicyclic) bond motifs is 1. The van der Waals surface area contributed by atoms with E-state index in [4.69, 9.17) is 0 Å². The van der Waals surface area contributed by atoms with Crippen LogP contribution in [0.5, 0.6) is 0 Å². The van der Waals surface area contributed by atoms with Crippen LogP contribution in [0.1, 0.15) is 19.4 Å². The van der Waals surface area contributed by atoms with Crippen molar-refractivity contribution in [2.75, 3.05) is 0 Å². The van der Waals surface area contributed by atoms with E-state index in [9.17, 15) is 5.11 Å². The van der Waals surface area contributed by atoms with E-state index in [1.807, 2.05) is 44.2 Å².